The van der Waals surface area contributed by atoms with E-state index < -0.39 is 17.7 Å². The van der Waals surface area contributed by atoms with Crippen molar-refractivity contribution in [2.75, 3.05) is 0 Å². The van der Waals surface area contributed by atoms with E-state index in [9.17, 15) is 18.0 Å². The molecule has 0 spiro atoms. The van der Waals surface area contributed by atoms with E-state index in [0.29, 0.717) is 10.0 Å². The number of rotatable bonds is 3. The van der Waals surface area contributed by atoms with Gasteiger partial charge >= 0.3 is 12.1 Å². The molecule has 0 aliphatic heterocycles. The third-order valence-electron chi connectivity index (χ3n) is 1.97. The van der Waals surface area contributed by atoms with Crippen LogP contribution < -0.4 is 0 Å². The van der Waals surface area contributed by atoms with E-state index in [1.165, 1.54) is 24.3 Å². The standard InChI is InChI=1S/C12H8BrF3O2/c13-10(2-1-3-11(17)18)8-4-6-9(7-5-8)12(14,15)16/h1-7H,(H,17,18)/b3-1+,10-2-. The van der Waals surface area contributed by atoms with Crippen molar-refractivity contribution in [1.82, 2.24) is 0 Å². The van der Waals surface area contributed by atoms with Crippen molar-refractivity contribution in [1.29, 1.82) is 0 Å². The molecule has 1 aromatic rings. The minimum atomic E-state index is -4.36. The monoisotopic (exact) mass is 320 g/mol. The molecular weight excluding hydrogens is 313 g/mol. The van der Waals surface area contributed by atoms with E-state index >= 15 is 0 Å². The van der Waals surface area contributed by atoms with Gasteiger partial charge in [0.05, 0.1) is 5.56 Å². The van der Waals surface area contributed by atoms with Gasteiger partial charge in [0.25, 0.3) is 0 Å². The van der Waals surface area contributed by atoms with E-state index in [2.05, 4.69) is 15.9 Å². The Balaban J connectivity index is 2.89. The maximum atomic E-state index is 12.3. The summed E-state index contributed by atoms with van der Waals surface area (Å²) in [5.41, 5.74) is -0.203. The highest BCUT2D eigenvalue weighted by molar-refractivity contribution is 9.15. The van der Waals surface area contributed by atoms with Gasteiger partial charge in [0, 0.05) is 10.6 Å². The molecule has 0 aliphatic rings. The van der Waals surface area contributed by atoms with Gasteiger partial charge in [-0.1, -0.05) is 34.1 Å². The predicted octanol–water partition coefficient (Wildman–Crippen LogP) is 4.08. The van der Waals surface area contributed by atoms with E-state index in [4.69, 9.17) is 5.11 Å². The molecule has 0 atom stereocenters. The van der Waals surface area contributed by atoms with Crippen molar-refractivity contribution in [2.45, 2.75) is 6.18 Å². The van der Waals surface area contributed by atoms with Crippen LogP contribution in [-0.4, -0.2) is 11.1 Å². The molecule has 0 saturated carbocycles. The van der Waals surface area contributed by atoms with Gasteiger partial charge in [-0.25, -0.2) is 4.79 Å². The molecule has 1 aromatic carbocycles. The number of carboxylic acids is 1. The van der Waals surface area contributed by atoms with Crippen LogP contribution in [0.3, 0.4) is 0 Å². The van der Waals surface area contributed by atoms with Crippen LogP contribution in [0, 0.1) is 0 Å². The highest BCUT2D eigenvalue weighted by Gasteiger charge is 2.29. The summed E-state index contributed by atoms with van der Waals surface area (Å²) >= 11 is 3.15. The van der Waals surface area contributed by atoms with Gasteiger partial charge in [0.15, 0.2) is 0 Å². The van der Waals surface area contributed by atoms with Gasteiger partial charge in [0.1, 0.15) is 0 Å². The van der Waals surface area contributed by atoms with Gasteiger partial charge in [0.2, 0.25) is 0 Å². The Morgan fingerprint density at radius 2 is 1.78 bits per heavy atom. The molecule has 0 saturated heterocycles. The summed E-state index contributed by atoms with van der Waals surface area (Å²) in [6, 6.07) is 4.53. The summed E-state index contributed by atoms with van der Waals surface area (Å²) in [5.74, 6) is -1.10. The molecule has 6 heteroatoms. The summed E-state index contributed by atoms with van der Waals surface area (Å²) in [7, 11) is 0. The van der Waals surface area contributed by atoms with Crippen LogP contribution in [0.1, 0.15) is 11.1 Å². The Hall–Kier alpha value is -1.56. The summed E-state index contributed by atoms with van der Waals surface area (Å²) < 4.78 is 37.4. The number of hydrogen-bond acceptors (Lipinski definition) is 1. The number of benzene rings is 1. The lowest BCUT2D eigenvalue weighted by molar-refractivity contribution is -0.137. The molecule has 0 amide bonds. The second-order valence-electron chi connectivity index (χ2n) is 3.29. The second-order valence-corrected chi connectivity index (χ2v) is 4.14. The van der Waals surface area contributed by atoms with Crippen LogP contribution in [0.15, 0.2) is 42.5 Å². The molecule has 0 unspecified atom stereocenters. The zero-order valence-electron chi connectivity index (χ0n) is 8.91. The van der Waals surface area contributed by atoms with Gasteiger partial charge < -0.3 is 5.11 Å². The minimum absolute atomic E-state index is 0.494. The summed E-state index contributed by atoms with van der Waals surface area (Å²) in [6.45, 7) is 0. The second kappa shape index (κ2) is 5.86. The molecule has 0 radical (unpaired) electrons. The summed E-state index contributed by atoms with van der Waals surface area (Å²) in [6.07, 6.45) is -0.718. The fourth-order valence-corrected chi connectivity index (χ4v) is 1.55. The molecule has 18 heavy (non-hydrogen) atoms. The quantitative estimate of drug-likeness (QED) is 0.673. The lowest BCUT2D eigenvalue weighted by Crippen LogP contribution is -2.04. The molecule has 1 rings (SSSR count). The van der Waals surface area contributed by atoms with Crippen molar-refractivity contribution in [3.63, 3.8) is 0 Å². The van der Waals surface area contributed by atoms with Gasteiger partial charge in [-0.3, -0.25) is 0 Å². The third kappa shape index (κ3) is 4.37. The SMILES string of the molecule is O=C(O)/C=C/C=C(\Br)c1ccc(C(F)(F)F)cc1. The van der Waals surface area contributed by atoms with Crippen LogP contribution in [0.2, 0.25) is 0 Å². The first-order chi connectivity index (χ1) is 8.30. The first-order valence-electron chi connectivity index (χ1n) is 4.75. The topological polar surface area (TPSA) is 37.3 Å². The molecule has 1 N–H and O–H groups in total. The highest BCUT2D eigenvalue weighted by Crippen LogP contribution is 2.30. The van der Waals surface area contributed by atoms with Gasteiger partial charge in [-0.2, -0.15) is 13.2 Å². The maximum Gasteiger partial charge on any atom is 0.416 e. The normalized spacial score (nSPS) is 13.0. The molecule has 96 valence electrons. The zero-order valence-corrected chi connectivity index (χ0v) is 10.5. The number of aliphatic carboxylic acids is 1. The number of carbonyl (C=O) groups is 1. The van der Waals surface area contributed by atoms with Crippen LogP contribution in [-0.2, 0) is 11.0 Å². The highest BCUT2D eigenvalue weighted by atomic mass is 79.9. The number of halogens is 4. The molecule has 0 fully saturated rings. The van der Waals surface area contributed by atoms with Crippen molar-refractivity contribution in [3.05, 3.63) is 53.6 Å². The Labute approximate surface area is 110 Å². The van der Waals surface area contributed by atoms with Crippen LogP contribution in [0.4, 0.5) is 13.2 Å². The summed E-state index contributed by atoms with van der Waals surface area (Å²) in [5, 5.41) is 8.37. The summed E-state index contributed by atoms with van der Waals surface area (Å²) in [4.78, 5) is 10.2. The third-order valence-corrected chi connectivity index (χ3v) is 2.69. The smallest absolute Gasteiger partial charge is 0.416 e. The van der Waals surface area contributed by atoms with E-state index in [0.717, 1.165) is 18.2 Å². The Morgan fingerprint density at radius 3 is 2.22 bits per heavy atom. The minimum Gasteiger partial charge on any atom is -0.478 e. The molecule has 0 bridgehead atoms. The fraction of sp³-hybridized carbons (Fsp3) is 0.0833. The lowest BCUT2D eigenvalue weighted by atomic mass is 10.1. The van der Waals surface area contributed by atoms with Gasteiger partial charge in [-0.15, -0.1) is 0 Å². The Morgan fingerprint density at radius 1 is 1.22 bits per heavy atom. The number of allylic oxidation sites excluding steroid dienone is 2. The average molecular weight is 321 g/mol. The Bertz CT molecular complexity index is 487. The van der Waals surface area contributed by atoms with Crippen molar-refractivity contribution in [3.8, 4) is 0 Å². The molecule has 2 nitrogen and oxygen atoms in total. The Kier molecular flexibility index (Phi) is 4.72. The largest absolute Gasteiger partial charge is 0.478 e. The van der Waals surface area contributed by atoms with Crippen molar-refractivity contribution < 1.29 is 23.1 Å². The van der Waals surface area contributed by atoms with E-state index in [1.807, 2.05) is 0 Å². The molecule has 0 heterocycles. The molecular formula is C12H8BrF3O2. The number of hydrogen-bond donors (Lipinski definition) is 1. The molecule has 0 aliphatic carbocycles. The first kappa shape index (κ1) is 14.5. The predicted molar refractivity (Wildman–Crippen MR) is 65.1 cm³/mol. The van der Waals surface area contributed by atoms with Crippen molar-refractivity contribution >= 4 is 26.4 Å². The lowest BCUT2D eigenvalue weighted by Gasteiger charge is -2.07. The number of alkyl halides is 3. The van der Waals surface area contributed by atoms with E-state index in [1.54, 1.807) is 0 Å². The van der Waals surface area contributed by atoms with Crippen LogP contribution >= 0.6 is 15.9 Å². The van der Waals surface area contributed by atoms with Crippen molar-refractivity contribution in [2.24, 2.45) is 0 Å². The van der Waals surface area contributed by atoms with Gasteiger partial charge in [-0.05, 0) is 23.8 Å². The number of carboxylic acid groups (broad SMARTS) is 1. The van der Waals surface area contributed by atoms with Crippen LogP contribution in [0.5, 0.6) is 0 Å². The average Bonchev–Trinajstić information content (AvgIpc) is 2.27. The van der Waals surface area contributed by atoms with Crippen LogP contribution in [0.25, 0.3) is 4.48 Å². The maximum absolute atomic E-state index is 12.3. The zero-order chi connectivity index (χ0) is 13.8. The first-order valence-corrected chi connectivity index (χ1v) is 5.54. The fourth-order valence-electron chi connectivity index (χ4n) is 1.13. The van der Waals surface area contributed by atoms with E-state index in [-0.39, 0.29) is 0 Å². The molecule has 0 aromatic heterocycles.